The van der Waals surface area contributed by atoms with Crippen LogP contribution < -0.4 is 11.1 Å². The molecule has 3 heteroatoms. The smallest absolute Gasteiger partial charge is 0.248 e. The Labute approximate surface area is 126 Å². The number of hydrogen-bond acceptors (Lipinski definition) is 2. The molecule has 0 aromatic heterocycles. The molecule has 1 atom stereocenters. The van der Waals surface area contributed by atoms with Crippen LogP contribution in [0.3, 0.4) is 0 Å². The Morgan fingerprint density at radius 3 is 2.19 bits per heavy atom. The average molecular weight is 282 g/mol. The number of primary amides is 1. The molecule has 2 aromatic carbocycles. The molecule has 0 spiro atoms. The van der Waals surface area contributed by atoms with Crippen molar-refractivity contribution < 1.29 is 4.79 Å². The van der Waals surface area contributed by atoms with Gasteiger partial charge < -0.3 is 11.1 Å². The van der Waals surface area contributed by atoms with Gasteiger partial charge in [0.2, 0.25) is 5.91 Å². The van der Waals surface area contributed by atoms with Crippen LogP contribution in [0.5, 0.6) is 0 Å². The highest BCUT2D eigenvalue weighted by Gasteiger charge is 2.15. The van der Waals surface area contributed by atoms with Gasteiger partial charge in [-0.3, -0.25) is 4.79 Å². The number of rotatable bonds is 6. The maximum atomic E-state index is 11.1. The van der Waals surface area contributed by atoms with Crippen molar-refractivity contribution in [3.05, 3.63) is 65.7 Å². The molecule has 110 valence electrons. The first-order valence-corrected chi connectivity index (χ1v) is 7.26. The lowest BCUT2D eigenvalue weighted by molar-refractivity contribution is 0.100. The van der Waals surface area contributed by atoms with E-state index >= 15 is 0 Å². The van der Waals surface area contributed by atoms with Crippen molar-refractivity contribution in [3.8, 4) is 0 Å². The topological polar surface area (TPSA) is 55.1 Å². The Hall–Kier alpha value is -2.29. The molecular formula is C18H22N2O. The minimum absolute atomic E-state index is 0.397. The third-order valence-corrected chi connectivity index (χ3v) is 3.73. The second-order valence-corrected chi connectivity index (χ2v) is 5.58. The standard InChI is InChI=1S/C18H22N2O/c1-13(2)17(14-6-4-3-5-7-14)12-20-16-10-8-15(9-11-16)18(19)21/h3-11,13,17,20H,12H2,1-2H3,(H2,19,21). The Balaban J connectivity index is 2.04. The monoisotopic (exact) mass is 282 g/mol. The summed E-state index contributed by atoms with van der Waals surface area (Å²) in [5.74, 6) is 0.595. The molecule has 0 aliphatic heterocycles. The molecule has 21 heavy (non-hydrogen) atoms. The van der Waals surface area contributed by atoms with E-state index in [1.54, 1.807) is 12.1 Å². The molecule has 3 N–H and O–H groups in total. The van der Waals surface area contributed by atoms with Crippen LogP contribution in [0.2, 0.25) is 0 Å². The second-order valence-electron chi connectivity index (χ2n) is 5.58. The minimum atomic E-state index is -0.397. The maximum absolute atomic E-state index is 11.1. The van der Waals surface area contributed by atoms with Crippen molar-refractivity contribution in [3.63, 3.8) is 0 Å². The van der Waals surface area contributed by atoms with Crippen LogP contribution >= 0.6 is 0 Å². The fourth-order valence-electron chi connectivity index (χ4n) is 2.42. The molecule has 0 bridgehead atoms. The summed E-state index contributed by atoms with van der Waals surface area (Å²) in [6.07, 6.45) is 0. The van der Waals surface area contributed by atoms with Crippen molar-refractivity contribution >= 4 is 11.6 Å². The number of benzene rings is 2. The molecule has 0 saturated carbocycles. The predicted octanol–water partition coefficient (Wildman–Crippen LogP) is 3.64. The summed E-state index contributed by atoms with van der Waals surface area (Å²) >= 11 is 0. The van der Waals surface area contributed by atoms with Gasteiger partial charge in [-0.05, 0) is 35.7 Å². The van der Waals surface area contributed by atoms with Gasteiger partial charge in [0, 0.05) is 23.7 Å². The summed E-state index contributed by atoms with van der Waals surface area (Å²) in [6, 6.07) is 17.8. The average Bonchev–Trinajstić information content (AvgIpc) is 2.48. The predicted molar refractivity (Wildman–Crippen MR) is 87.5 cm³/mol. The molecule has 0 aliphatic rings. The molecule has 0 fully saturated rings. The highest BCUT2D eigenvalue weighted by molar-refractivity contribution is 5.93. The number of amides is 1. The maximum Gasteiger partial charge on any atom is 0.248 e. The van der Waals surface area contributed by atoms with E-state index in [9.17, 15) is 4.79 Å². The third-order valence-electron chi connectivity index (χ3n) is 3.73. The Kier molecular flexibility index (Phi) is 4.99. The van der Waals surface area contributed by atoms with Crippen LogP contribution in [0, 0.1) is 5.92 Å². The van der Waals surface area contributed by atoms with Crippen molar-refractivity contribution in [2.45, 2.75) is 19.8 Å². The summed E-state index contributed by atoms with van der Waals surface area (Å²) in [7, 11) is 0. The van der Waals surface area contributed by atoms with Crippen molar-refractivity contribution in [2.75, 3.05) is 11.9 Å². The zero-order valence-electron chi connectivity index (χ0n) is 12.5. The van der Waals surface area contributed by atoms with E-state index in [-0.39, 0.29) is 0 Å². The van der Waals surface area contributed by atoms with Gasteiger partial charge in [0.15, 0.2) is 0 Å². The largest absolute Gasteiger partial charge is 0.384 e. The highest BCUT2D eigenvalue weighted by Crippen LogP contribution is 2.24. The normalized spacial score (nSPS) is 12.1. The molecule has 3 nitrogen and oxygen atoms in total. The van der Waals surface area contributed by atoms with E-state index in [4.69, 9.17) is 5.73 Å². The molecule has 0 heterocycles. The molecule has 2 rings (SSSR count). The van der Waals surface area contributed by atoms with Gasteiger partial charge in [0.25, 0.3) is 0 Å². The molecule has 2 aromatic rings. The Bertz CT molecular complexity index is 576. The number of nitrogens with two attached hydrogens (primary N) is 1. The van der Waals surface area contributed by atoms with Crippen LogP contribution in [0.4, 0.5) is 5.69 Å². The van der Waals surface area contributed by atoms with E-state index in [0.717, 1.165) is 12.2 Å². The van der Waals surface area contributed by atoms with Gasteiger partial charge in [-0.25, -0.2) is 0 Å². The van der Waals surface area contributed by atoms with Crippen LogP contribution in [0.25, 0.3) is 0 Å². The van der Waals surface area contributed by atoms with Crippen molar-refractivity contribution in [1.82, 2.24) is 0 Å². The van der Waals surface area contributed by atoms with Crippen LogP contribution in [0.1, 0.15) is 35.7 Å². The number of nitrogens with one attached hydrogen (secondary N) is 1. The number of carbonyl (C=O) groups is 1. The van der Waals surface area contributed by atoms with E-state index in [0.29, 0.717) is 17.4 Å². The SMILES string of the molecule is CC(C)C(CNc1ccc(C(N)=O)cc1)c1ccccc1. The molecule has 1 unspecified atom stereocenters. The summed E-state index contributed by atoms with van der Waals surface area (Å²) < 4.78 is 0. The number of hydrogen-bond donors (Lipinski definition) is 2. The van der Waals surface area contributed by atoms with Crippen LogP contribution in [0.15, 0.2) is 54.6 Å². The van der Waals surface area contributed by atoms with Crippen LogP contribution in [-0.2, 0) is 0 Å². The molecule has 0 saturated heterocycles. The van der Waals surface area contributed by atoms with Crippen molar-refractivity contribution in [1.29, 1.82) is 0 Å². The third kappa shape index (κ3) is 4.09. The lowest BCUT2D eigenvalue weighted by atomic mass is 9.88. The zero-order valence-corrected chi connectivity index (χ0v) is 12.5. The molecule has 1 amide bonds. The first-order chi connectivity index (χ1) is 10.1. The zero-order chi connectivity index (χ0) is 15.2. The summed E-state index contributed by atoms with van der Waals surface area (Å²) in [5, 5.41) is 3.44. The molecule has 0 aliphatic carbocycles. The second kappa shape index (κ2) is 6.93. The van der Waals surface area contributed by atoms with E-state index in [2.05, 4.69) is 43.4 Å². The van der Waals surface area contributed by atoms with Crippen molar-refractivity contribution in [2.24, 2.45) is 11.7 Å². The van der Waals surface area contributed by atoms with Gasteiger partial charge in [-0.2, -0.15) is 0 Å². The molecule has 0 radical (unpaired) electrons. The lowest BCUT2D eigenvalue weighted by Crippen LogP contribution is -2.18. The fourth-order valence-corrected chi connectivity index (χ4v) is 2.42. The quantitative estimate of drug-likeness (QED) is 0.850. The Morgan fingerprint density at radius 1 is 1.05 bits per heavy atom. The van der Waals surface area contributed by atoms with Gasteiger partial charge >= 0.3 is 0 Å². The van der Waals surface area contributed by atoms with Gasteiger partial charge in [-0.15, -0.1) is 0 Å². The molecular weight excluding hydrogens is 260 g/mol. The fraction of sp³-hybridized carbons (Fsp3) is 0.278. The number of anilines is 1. The van der Waals surface area contributed by atoms with E-state index in [1.165, 1.54) is 5.56 Å². The summed E-state index contributed by atoms with van der Waals surface area (Å²) in [6.45, 7) is 5.32. The van der Waals surface area contributed by atoms with Crippen LogP contribution in [-0.4, -0.2) is 12.5 Å². The number of carbonyl (C=O) groups excluding carboxylic acids is 1. The Morgan fingerprint density at radius 2 is 1.67 bits per heavy atom. The highest BCUT2D eigenvalue weighted by atomic mass is 16.1. The first-order valence-electron chi connectivity index (χ1n) is 7.26. The summed E-state index contributed by atoms with van der Waals surface area (Å²) in [4.78, 5) is 11.1. The first kappa shape index (κ1) is 15.1. The summed E-state index contributed by atoms with van der Waals surface area (Å²) in [5.41, 5.74) is 8.12. The van der Waals surface area contributed by atoms with E-state index in [1.807, 2.05) is 18.2 Å². The minimum Gasteiger partial charge on any atom is -0.384 e. The lowest BCUT2D eigenvalue weighted by Gasteiger charge is -2.22. The van der Waals surface area contributed by atoms with Gasteiger partial charge in [-0.1, -0.05) is 44.2 Å². The van der Waals surface area contributed by atoms with Gasteiger partial charge in [0.1, 0.15) is 0 Å². The van der Waals surface area contributed by atoms with E-state index < -0.39 is 5.91 Å². The van der Waals surface area contributed by atoms with Gasteiger partial charge in [0.05, 0.1) is 0 Å².